The van der Waals surface area contributed by atoms with Gasteiger partial charge in [-0.3, -0.25) is 4.72 Å². The number of aryl methyl sites for hydroxylation is 2. The molecule has 0 aliphatic heterocycles. The average molecular weight is 371 g/mol. The summed E-state index contributed by atoms with van der Waals surface area (Å²) in [7, 11) is -3.94. The first-order chi connectivity index (χ1) is 12.3. The van der Waals surface area contributed by atoms with Crippen LogP contribution < -0.4 is 4.72 Å². The van der Waals surface area contributed by atoms with Crippen LogP contribution in [0.3, 0.4) is 0 Å². The number of aromatic nitrogens is 2. The molecular weight excluding hydrogens is 354 g/mol. The highest BCUT2D eigenvalue weighted by Gasteiger charge is 2.19. The second kappa shape index (κ2) is 6.64. The van der Waals surface area contributed by atoms with Crippen molar-refractivity contribution < 1.29 is 18.3 Å². The Bertz CT molecular complexity index is 1090. The van der Waals surface area contributed by atoms with Crippen LogP contribution in [0.15, 0.2) is 59.6 Å². The van der Waals surface area contributed by atoms with Crippen molar-refractivity contribution in [1.82, 2.24) is 9.78 Å². The van der Waals surface area contributed by atoms with Crippen molar-refractivity contribution in [2.75, 3.05) is 4.72 Å². The van der Waals surface area contributed by atoms with Gasteiger partial charge < -0.3 is 5.11 Å². The maximum absolute atomic E-state index is 12.7. The molecule has 0 amide bonds. The molecule has 0 bridgehead atoms. The second-order valence-corrected chi connectivity index (χ2v) is 7.48. The van der Waals surface area contributed by atoms with Gasteiger partial charge in [-0.15, -0.1) is 0 Å². The van der Waals surface area contributed by atoms with E-state index in [0.717, 1.165) is 11.8 Å². The molecule has 8 heteroatoms. The highest BCUT2D eigenvalue weighted by Crippen LogP contribution is 2.22. The summed E-state index contributed by atoms with van der Waals surface area (Å²) in [6.45, 7) is 3.51. The molecule has 0 fully saturated rings. The third-order valence-corrected chi connectivity index (χ3v) is 5.42. The van der Waals surface area contributed by atoms with Gasteiger partial charge in [-0.2, -0.15) is 5.10 Å². The number of nitrogens with one attached hydrogen (secondary N) is 1. The SMILES string of the molecule is Cc1ccc(C(=O)O)cc1S(=O)(=O)Nc1cccc(-n2nccc2C)c1. The predicted molar refractivity (Wildman–Crippen MR) is 97.2 cm³/mol. The van der Waals surface area contributed by atoms with E-state index in [4.69, 9.17) is 5.11 Å². The Hall–Kier alpha value is -3.13. The van der Waals surface area contributed by atoms with Crippen molar-refractivity contribution >= 4 is 21.7 Å². The number of sulfonamides is 1. The average Bonchev–Trinajstić information content (AvgIpc) is 3.00. The van der Waals surface area contributed by atoms with Gasteiger partial charge in [0.15, 0.2) is 0 Å². The van der Waals surface area contributed by atoms with E-state index >= 15 is 0 Å². The normalized spacial score (nSPS) is 11.3. The fourth-order valence-electron chi connectivity index (χ4n) is 2.57. The van der Waals surface area contributed by atoms with Crippen molar-refractivity contribution in [2.45, 2.75) is 18.7 Å². The standard InChI is InChI=1S/C18H17N3O4S/c1-12-6-7-14(18(22)23)10-17(12)26(24,25)20-15-4-3-5-16(11-15)21-13(2)8-9-19-21/h3-11,20H,1-2H3,(H,22,23). The first-order valence-corrected chi connectivity index (χ1v) is 9.24. The van der Waals surface area contributed by atoms with E-state index < -0.39 is 16.0 Å². The fourth-order valence-corrected chi connectivity index (χ4v) is 3.90. The highest BCUT2D eigenvalue weighted by atomic mass is 32.2. The minimum atomic E-state index is -3.94. The van der Waals surface area contributed by atoms with Gasteiger partial charge >= 0.3 is 5.97 Å². The van der Waals surface area contributed by atoms with Gasteiger partial charge in [-0.25, -0.2) is 17.9 Å². The van der Waals surface area contributed by atoms with Crippen LogP contribution >= 0.6 is 0 Å². The molecule has 2 aromatic carbocycles. The molecule has 26 heavy (non-hydrogen) atoms. The van der Waals surface area contributed by atoms with Crippen molar-refractivity contribution in [3.63, 3.8) is 0 Å². The number of aromatic carboxylic acids is 1. The molecule has 0 saturated carbocycles. The lowest BCUT2D eigenvalue weighted by atomic mass is 10.1. The Kier molecular flexibility index (Phi) is 4.52. The van der Waals surface area contributed by atoms with Crippen molar-refractivity contribution in [1.29, 1.82) is 0 Å². The number of carboxylic acids is 1. The van der Waals surface area contributed by atoms with Gasteiger partial charge in [-0.05, 0) is 55.8 Å². The summed E-state index contributed by atoms with van der Waals surface area (Å²) in [5, 5.41) is 13.3. The predicted octanol–water partition coefficient (Wildman–Crippen LogP) is 2.99. The molecule has 0 spiro atoms. The lowest BCUT2D eigenvalue weighted by Crippen LogP contribution is -2.15. The molecular formula is C18H17N3O4S. The molecule has 3 rings (SSSR count). The number of hydrogen-bond acceptors (Lipinski definition) is 4. The molecule has 0 radical (unpaired) electrons. The smallest absolute Gasteiger partial charge is 0.335 e. The van der Waals surface area contributed by atoms with Crippen molar-refractivity contribution in [2.24, 2.45) is 0 Å². The van der Waals surface area contributed by atoms with E-state index in [9.17, 15) is 13.2 Å². The Morgan fingerprint density at radius 3 is 2.54 bits per heavy atom. The molecule has 7 nitrogen and oxygen atoms in total. The summed E-state index contributed by atoms with van der Waals surface area (Å²) in [6, 6.07) is 12.7. The molecule has 3 aromatic rings. The number of benzene rings is 2. The number of nitrogens with zero attached hydrogens (tertiary/aromatic N) is 2. The molecule has 0 aliphatic rings. The number of carbonyl (C=O) groups is 1. The minimum absolute atomic E-state index is 0.0712. The lowest BCUT2D eigenvalue weighted by molar-refractivity contribution is 0.0696. The third kappa shape index (κ3) is 3.45. The van der Waals surface area contributed by atoms with E-state index in [0.29, 0.717) is 16.9 Å². The number of hydrogen-bond donors (Lipinski definition) is 2. The van der Waals surface area contributed by atoms with Gasteiger partial charge in [0.1, 0.15) is 0 Å². The quantitative estimate of drug-likeness (QED) is 0.718. The van der Waals surface area contributed by atoms with E-state index in [1.165, 1.54) is 12.1 Å². The van der Waals surface area contributed by atoms with E-state index in [1.54, 1.807) is 36.0 Å². The maximum atomic E-state index is 12.7. The Balaban J connectivity index is 1.97. The van der Waals surface area contributed by atoms with E-state index in [1.807, 2.05) is 19.1 Å². The van der Waals surface area contributed by atoms with Gasteiger partial charge in [0, 0.05) is 11.9 Å². The number of carboxylic acid groups (broad SMARTS) is 1. The Labute approximate surface area is 151 Å². The summed E-state index contributed by atoms with van der Waals surface area (Å²) in [4.78, 5) is 11.1. The molecule has 1 heterocycles. The van der Waals surface area contributed by atoms with Crippen LogP contribution in [0.5, 0.6) is 0 Å². The van der Waals surface area contributed by atoms with Crippen LogP contribution in [0.4, 0.5) is 5.69 Å². The van der Waals surface area contributed by atoms with Crippen LogP contribution in [-0.4, -0.2) is 29.3 Å². The van der Waals surface area contributed by atoms with Crippen LogP contribution in [-0.2, 0) is 10.0 Å². The van der Waals surface area contributed by atoms with E-state index in [-0.39, 0.29) is 10.5 Å². The van der Waals surface area contributed by atoms with Crippen LogP contribution in [0, 0.1) is 13.8 Å². The maximum Gasteiger partial charge on any atom is 0.335 e. The summed E-state index contributed by atoms with van der Waals surface area (Å²) < 4.78 is 29.7. The Morgan fingerprint density at radius 2 is 1.88 bits per heavy atom. The summed E-state index contributed by atoms with van der Waals surface area (Å²) in [6.07, 6.45) is 1.66. The van der Waals surface area contributed by atoms with Crippen LogP contribution in [0.1, 0.15) is 21.6 Å². The van der Waals surface area contributed by atoms with E-state index in [2.05, 4.69) is 9.82 Å². The summed E-state index contributed by atoms with van der Waals surface area (Å²) in [5.41, 5.74) is 2.36. The van der Waals surface area contributed by atoms with Crippen molar-refractivity contribution in [3.05, 3.63) is 71.5 Å². The van der Waals surface area contributed by atoms with Crippen LogP contribution in [0.25, 0.3) is 5.69 Å². The zero-order chi connectivity index (χ0) is 18.9. The van der Waals surface area contributed by atoms with Crippen molar-refractivity contribution in [3.8, 4) is 5.69 Å². The fraction of sp³-hybridized carbons (Fsp3) is 0.111. The van der Waals surface area contributed by atoms with Gasteiger partial charge in [-0.1, -0.05) is 12.1 Å². The molecule has 1 aromatic heterocycles. The zero-order valence-electron chi connectivity index (χ0n) is 14.2. The highest BCUT2D eigenvalue weighted by molar-refractivity contribution is 7.92. The molecule has 2 N–H and O–H groups in total. The minimum Gasteiger partial charge on any atom is -0.478 e. The second-order valence-electron chi connectivity index (χ2n) is 5.83. The van der Waals surface area contributed by atoms with Gasteiger partial charge in [0.2, 0.25) is 0 Å². The Morgan fingerprint density at radius 1 is 1.12 bits per heavy atom. The molecule has 0 aliphatic carbocycles. The zero-order valence-corrected chi connectivity index (χ0v) is 15.0. The summed E-state index contributed by atoms with van der Waals surface area (Å²) in [5.74, 6) is -1.18. The third-order valence-electron chi connectivity index (χ3n) is 3.90. The summed E-state index contributed by atoms with van der Waals surface area (Å²) >= 11 is 0. The first kappa shape index (κ1) is 17.7. The molecule has 0 unspecified atom stereocenters. The van der Waals surface area contributed by atoms with Gasteiger partial charge in [0.05, 0.1) is 21.8 Å². The van der Waals surface area contributed by atoms with Gasteiger partial charge in [0.25, 0.3) is 10.0 Å². The number of rotatable bonds is 5. The number of anilines is 1. The lowest BCUT2D eigenvalue weighted by Gasteiger charge is -2.12. The molecule has 0 atom stereocenters. The largest absolute Gasteiger partial charge is 0.478 e. The molecule has 0 saturated heterocycles. The monoisotopic (exact) mass is 371 g/mol. The van der Waals surface area contributed by atoms with Crippen LogP contribution in [0.2, 0.25) is 0 Å². The first-order valence-electron chi connectivity index (χ1n) is 7.76. The topological polar surface area (TPSA) is 101 Å². The molecule has 134 valence electrons.